The minimum absolute atomic E-state index is 0.239. The maximum absolute atomic E-state index is 13.9. The third kappa shape index (κ3) is 3.89. The number of benzene rings is 2. The van der Waals surface area contributed by atoms with E-state index < -0.39 is 0 Å². The van der Waals surface area contributed by atoms with Crippen LogP contribution in [0.3, 0.4) is 0 Å². The van der Waals surface area contributed by atoms with Crippen molar-refractivity contribution in [1.82, 2.24) is 14.9 Å². The molecule has 0 radical (unpaired) electrons. The summed E-state index contributed by atoms with van der Waals surface area (Å²) in [5.41, 5.74) is 4.82. The molecule has 0 saturated heterocycles. The molecule has 5 heteroatoms. The van der Waals surface area contributed by atoms with Crippen LogP contribution in [0.2, 0.25) is 0 Å². The molecule has 4 aromatic rings. The van der Waals surface area contributed by atoms with Crippen LogP contribution in [-0.4, -0.2) is 21.9 Å². The molecule has 0 aliphatic rings. The molecule has 0 atom stereocenters. The molecule has 0 saturated carbocycles. The molecule has 0 fully saturated rings. The second kappa shape index (κ2) is 7.82. The second-order valence-corrected chi connectivity index (χ2v) is 6.98. The maximum Gasteiger partial charge on any atom is 0.132 e. The Morgan fingerprint density at radius 3 is 1.57 bits per heavy atom. The number of aromatic nitrogens is 2. The smallest absolute Gasteiger partial charge is 0.132 e. The number of nitrogens with zero attached hydrogens (tertiary/aromatic N) is 1. The highest BCUT2D eigenvalue weighted by Crippen LogP contribution is 2.24. The van der Waals surface area contributed by atoms with Gasteiger partial charge in [0.05, 0.1) is 0 Å². The number of nitrogens with one attached hydrogen (secondary N) is 2. The first-order valence-corrected chi connectivity index (χ1v) is 9.13. The van der Waals surface area contributed by atoms with Crippen LogP contribution in [0.4, 0.5) is 8.78 Å². The lowest BCUT2D eigenvalue weighted by Gasteiger charge is -2.14. The van der Waals surface area contributed by atoms with Crippen LogP contribution in [0, 0.1) is 11.6 Å². The summed E-state index contributed by atoms with van der Waals surface area (Å²) in [5.74, 6) is -0.477. The lowest BCUT2D eigenvalue weighted by atomic mass is 10.1. The van der Waals surface area contributed by atoms with Gasteiger partial charge in [-0.15, -0.1) is 0 Å². The third-order valence-electron chi connectivity index (χ3n) is 4.72. The van der Waals surface area contributed by atoms with Gasteiger partial charge in [-0.2, -0.15) is 0 Å². The summed E-state index contributed by atoms with van der Waals surface area (Å²) in [4.78, 5) is 8.45. The zero-order valence-corrected chi connectivity index (χ0v) is 15.5. The molecule has 2 aromatic carbocycles. The van der Waals surface area contributed by atoms with Gasteiger partial charge in [0, 0.05) is 48.0 Å². The number of rotatable bonds is 6. The van der Waals surface area contributed by atoms with Crippen molar-refractivity contribution in [2.75, 3.05) is 7.05 Å². The molecule has 0 spiro atoms. The van der Waals surface area contributed by atoms with Crippen LogP contribution >= 0.6 is 0 Å². The number of H-pyrrole nitrogens is 2. The van der Waals surface area contributed by atoms with E-state index in [0.29, 0.717) is 24.2 Å². The molecule has 0 aliphatic heterocycles. The van der Waals surface area contributed by atoms with Crippen LogP contribution in [-0.2, 0) is 13.1 Å². The molecular weight excluding hydrogens is 356 g/mol. The molecule has 2 heterocycles. The zero-order valence-electron chi connectivity index (χ0n) is 15.5. The first kappa shape index (κ1) is 18.2. The number of halogens is 2. The molecule has 2 aromatic heterocycles. The summed E-state index contributed by atoms with van der Waals surface area (Å²) < 4.78 is 27.9. The molecule has 4 rings (SSSR count). The van der Waals surface area contributed by atoms with Gasteiger partial charge in [0.1, 0.15) is 11.6 Å². The fourth-order valence-corrected chi connectivity index (χ4v) is 3.41. The fraction of sp³-hybridized carbons (Fsp3) is 0.130. The Kier molecular flexibility index (Phi) is 5.08. The van der Waals surface area contributed by atoms with E-state index in [2.05, 4.69) is 14.9 Å². The van der Waals surface area contributed by atoms with Crippen molar-refractivity contribution < 1.29 is 8.78 Å². The Balaban J connectivity index is 1.42. The molecule has 0 bridgehead atoms. The largest absolute Gasteiger partial charge is 0.361 e. The van der Waals surface area contributed by atoms with Gasteiger partial charge >= 0.3 is 0 Å². The topological polar surface area (TPSA) is 34.8 Å². The van der Waals surface area contributed by atoms with E-state index in [0.717, 1.165) is 22.5 Å². The lowest BCUT2D eigenvalue weighted by Crippen LogP contribution is -2.16. The van der Waals surface area contributed by atoms with Crippen molar-refractivity contribution in [3.8, 4) is 22.5 Å². The molecular formula is C23H21F2N3. The Hall–Kier alpha value is -3.18. The molecule has 0 unspecified atom stereocenters. The van der Waals surface area contributed by atoms with Gasteiger partial charge in [-0.1, -0.05) is 24.3 Å². The minimum Gasteiger partial charge on any atom is -0.361 e. The summed E-state index contributed by atoms with van der Waals surface area (Å²) in [5, 5.41) is 0. The maximum atomic E-state index is 13.9. The summed E-state index contributed by atoms with van der Waals surface area (Å²) >= 11 is 0. The van der Waals surface area contributed by atoms with Gasteiger partial charge in [0.2, 0.25) is 0 Å². The number of aromatic amines is 2. The third-order valence-corrected chi connectivity index (χ3v) is 4.72. The van der Waals surface area contributed by atoms with Gasteiger partial charge in [0.25, 0.3) is 0 Å². The Bertz CT molecular complexity index is 995. The Labute approximate surface area is 162 Å². The highest BCUT2D eigenvalue weighted by atomic mass is 19.1. The molecule has 142 valence electrons. The van der Waals surface area contributed by atoms with E-state index >= 15 is 0 Å². The van der Waals surface area contributed by atoms with Crippen LogP contribution in [0.25, 0.3) is 22.5 Å². The summed E-state index contributed by atoms with van der Waals surface area (Å²) in [7, 11) is 2.02. The molecule has 0 amide bonds. The lowest BCUT2D eigenvalue weighted by molar-refractivity contribution is 0.319. The monoisotopic (exact) mass is 377 g/mol. The molecule has 2 N–H and O–H groups in total. The van der Waals surface area contributed by atoms with E-state index in [1.54, 1.807) is 24.3 Å². The van der Waals surface area contributed by atoms with Gasteiger partial charge in [-0.25, -0.2) is 8.78 Å². The first-order valence-electron chi connectivity index (χ1n) is 9.13. The number of hydrogen-bond donors (Lipinski definition) is 2. The van der Waals surface area contributed by atoms with E-state index in [9.17, 15) is 8.78 Å². The zero-order chi connectivity index (χ0) is 19.5. The van der Waals surface area contributed by atoms with Gasteiger partial charge < -0.3 is 9.97 Å². The van der Waals surface area contributed by atoms with Crippen LogP contribution in [0.1, 0.15) is 11.1 Å². The molecule has 3 nitrogen and oxygen atoms in total. The SMILES string of the molecule is CN(Cc1c[nH]c(-c2ccccc2F)c1)Cc1c[nH]c(-c2ccccc2F)c1. The quantitative estimate of drug-likeness (QED) is 0.451. The second-order valence-electron chi connectivity index (χ2n) is 6.98. The van der Waals surface area contributed by atoms with Crippen LogP contribution in [0.5, 0.6) is 0 Å². The van der Waals surface area contributed by atoms with Crippen molar-refractivity contribution in [1.29, 1.82) is 0 Å². The normalized spacial score (nSPS) is 11.3. The van der Waals surface area contributed by atoms with E-state index in [-0.39, 0.29) is 11.6 Å². The predicted octanol–water partition coefficient (Wildman–Crippen LogP) is 5.59. The van der Waals surface area contributed by atoms with Crippen molar-refractivity contribution in [2.24, 2.45) is 0 Å². The standard InChI is InChI=1S/C23H21F2N3/c1-28(14-16-10-22(26-12-16)18-6-2-4-8-20(18)24)15-17-11-23(27-13-17)19-7-3-5-9-21(19)25/h2-13,26-27H,14-15H2,1H3. The summed E-state index contributed by atoms with van der Waals surface area (Å²) in [6, 6.07) is 17.4. The fourth-order valence-electron chi connectivity index (χ4n) is 3.41. The minimum atomic E-state index is -0.239. The first-order chi connectivity index (χ1) is 13.6. The molecule has 28 heavy (non-hydrogen) atoms. The van der Waals surface area contributed by atoms with E-state index in [4.69, 9.17) is 0 Å². The van der Waals surface area contributed by atoms with Crippen molar-refractivity contribution in [3.63, 3.8) is 0 Å². The number of hydrogen-bond acceptors (Lipinski definition) is 1. The van der Waals surface area contributed by atoms with Crippen molar-refractivity contribution >= 4 is 0 Å². The molecule has 0 aliphatic carbocycles. The summed E-state index contributed by atoms with van der Waals surface area (Å²) in [6.07, 6.45) is 3.81. The predicted molar refractivity (Wildman–Crippen MR) is 108 cm³/mol. The average molecular weight is 377 g/mol. The van der Waals surface area contributed by atoms with Crippen LogP contribution < -0.4 is 0 Å². The Morgan fingerprint density at radius 2 is 1.14 bits per heavy atom. The Morgan fingerprint density at radius 1 is 0.714 bits per heavy atom. The van der Waals surface area contributed by atoms with Crippen molar-refractivity contribution in [2.45, 2.75) is 13.1 Å². The van der Waals surface area contributed by atoms with Crippen LogP contribution in [0.15, 0.2) is 73.1 Å². The van der Waals surface area contributed by atoms with E-state index in [1.165, 1.54) is 12.1 Å². The van der Waals surface area contributed by atoms with Gasteiger partial charge in [0.15, 0.2) is 0 Å². The van der Waals surface area contributed by atoms with Gasteiger partial charge in [-0.05, 0) is 54.6 Å². The van der Waals surface area contributed by atoms with Crippen molar-refractivity contribution in [3.05, 3.63) is 95.8 Å². The van der Waals surface area contributed by atoms with Gasteiger partial charge in [-0.3, -0.25) is 4.90 Å². The average Bonchev–Trinajstić information content (AvgIpc) is 3.32. The highest BCUT2D eigenvalue weighted by Gasteiger charge is 2.11. The highest BCUT2D eigenvalue weighted by molar-refractivity contribution is 5.61. The summed E-state index contributed by atoms with van der Waals surface area (Å²) in [6.45, 7) is 1.43. The van der Waals surface area contributed by atoms with E-state index in [1.807, 2.05) is 43.7 Å².